The number of sulfone groups is 1. The molecule has 78 valence electrons. The van der Waals surface area contributed by atoms with Gasteiger partial charge in [0.25, 0.3) is 0 Å². The van der Waals surface area contributed by atoms with Crippen molar-refractivity contribution in [3.63, 3.8) is 0 Å². The van der Waals surface area contributed by atoms with Crippen LogP contribution in [0.25, 0.3) is 0 Å². The second-order valence-corrected chi connectivity index (χ2v) is 5.45. The van der Waals surface area contributed by atoms with Crippen molar-refractivity contribution in [2.45, 2.75) is 32.8 Å². The second kappa shape index (κ2) is 5.34. The van der Waals surface area contributed by atoms with Gasteiger partial charge in [-0.3, -0.25) is 4.79 Å². The highest BCUT2D eigenvalue weighted by Crippen LogP contribution is 2.00. The monoisotopic (exact) mass is 208 g/mol. The van der Waals surface area contributed by atoms with Gasteiger partial charge in [-0.2, -0.15) is 0 Å². The molecule has 0 aliphatic heterocycles. The number of hydrogen-bond donors (Lipinski definition) is 1. The van der Waals surface area contributed by atoms with Crippen molar-refractivity contribution in [3.05, 3.63) is 0 Å². The van der Waals surface area contributed by atoms with Crippen molar-refractivity contribution in [2.24, 2.45) is 0 Å². The highest BCUT2D eigenvalue weighted by molar-refractivity contribution is 7.91. The molecule has 4 nitrogen and oxygen atoms in total. The lowest BCUT2D eigenvalue weighted by atomic mass is 10.1. The van der Waals surface area contributed by atoms with Crippen LogP contribution in [0.5, 0.6) is 0 Å². The van der Waals surface area contributed by atoms with Crippen molar-refractivity contribution in [1.82, 2.24) is 0 Å². The number of carbonyl (C=O) groups is 1. The minimum atomic E-state index is -2.97. The molecule has 0 radical (unpaired) electrons. The van der Waals surface area contributed by atoms with E-state index in [-0.39, 0.29) is 23.7 Å². The molecule has 0 spiro atoms. The lowest BCUT2D eigenvalue weighted by Gasteiger charge is -2.03. The van der Waals surface area contributed by atoms with Crippen LogP contribution in [0.3, 0.4) is 0 Å². The van der Waals surface area contributed by atoms with Crippen LogP contribution in [0.4, 0.5) is 0 Å². The van der Waals surface area contributed by atoms with Gasteiger partial charge in [0.15, 0.2) is 5.78 Å². The third kappa shape index (κ3) is 5.76. The second-order valence-electron chi connectivity index (χ2n) is 2.98. The largest absolute Gasteiger partial charge is 0.386 e. The Kier molecular flexibility index (Phi) is 5.17. The first-order valence-corrected chi connectivity index (χ1v) is 6.12. The molecule has 0 saturated heterocycles. The molecule has 0 aromatic rings. The molecule has 1 unspecified atom stereocenters. The molecule has 0 bridgehead atoms. The van der Waals surface area contributed by atoms with Crippen molar-refractivity contribution in [2.75, 3.05) is 11.5 Å². The van der Waals surface area contributed by atoms with E-state index < -0.39 is 15.9 Å². The summed E-state index contributed by atoms with van der Waals surface area (Å²) in [5.41, 5.74) is 0. The summed E-state index contributed by atoms with van der Waals surface area (Å²) in [4.78, 5) is 10.9. The molecule has 0 aliphatic rings. The average Bonchev–Trinajstić information content (AvgIpc) is 2.04. The van der Waals surface area contributed by atoms with Gasteiger partial charge in [0, 0.05) is 12.2 Å². The molecule has 0 rings (SSSR count). The van der Waals surface area contributed by atoms with Gasteiger partial charge in [0.2, 0.25) is 0 Å². The normalized spacial score (nSPS) is 14.1. The molecule has 0 heterocycles. The van der Waals surface area contributed by atoms with E-state index in [1.54, 1.807) is 6.92 Å². The lowest BCUT2D eigenvalue weighted by Crippen LogP contribution is -2.17. The maximum Gasteiger partial charge on any atom is 0.161 e. The summed E-state index contributed by atoms with van der Waals surface area (Å²) in [5, 5.41) is 8.81. The van der Waals surface area contributed by atoms with Crippen LogP contribution in [0.1, 0.15) is 26.7 Å². The van der Waals surface area contributed by atoms with E-state index in [1.165, 1.54) is 6.92 Å². The van der Waals surface area contributed by atoms with Gasteiger partial charge in [0.05, 0.1) is 5.75 Å². The van der Waals surface area contributed by atoms with Crippen LogP contribution < -0.4 is 0 Å². The smallest absolute Gasteiger partial charge is 0.161 e. The van der Waals surface area contributed by atoms with Crippen LogP contribution >= 0.6 is 0 Å². The Hall–Kier alpha value is -0.420. The molecular formula is C8H16O4S. The standard InChI is InChI=1S/C8H16O4S/c1-3-13(11,12)6-4-5-8(10)7(2)9/h7,9H,3-6H2,1-2H3. The fraction of sp³-hybridized carbons (Fsp3) is 0.875. The maximum absolute atomic E-state index is 11.0. The van der Waals surface area contributed by atoms with Crippen LogP contribution in [0.2, 0.25) is 0 Å². The highest BCUT2D eigenvalue weighted by atomic mass is 32.2. The summed E-state index contributed by atoms with van der Waals surface area (Å²) in [6, 6.07) is 0. The van der Waals surface area contributed by atoms with Crippen molar-refractivity contribution in [3.8, 4) is 0 Å². The summed E-state index contributed by atoms with van der Waals surface area (Å²) in [6.45, 7) is 2.96. The van der Waals surface area contributed by atoms with Gasteiger partial charge in [-0.25, -0.2) is 8.42 Å². The Morgan fingerprint density at radius 3 is 2.38 bits per heavy atom. The van der Waals surface area contributed by atoms with E-state index in [0.717, 1.165) is 0 Å². The van der Waals surface area contributed by atoms with E-state index in [0.29, 0.717) is 6.42 Å². The first-order chi connectivity index (χ1) is 5.89. The summed E-state index contributed by atoms with van der Waals surface area (Å²) in [7, 11) is -2.97. The number of aliphatic hydroxyl groups is 1. The van der Waals surface area contributed by atoms with E-state index in [4.69, 9.17) is 5.11 Å². The van der Waals surface area contributed by atoms with E-state index in [2.05, 4.69) is 0 Å². The Labute approximate surface area is 78.9 Å². The fourth-order valence-electron chi connectivity index (χ4n) is 0.820. The molecular weight excluding hydrogens is 192 g/mol. The quantitative estimate of drug-likeness (QED) is 0.674. The predicted molar refractivity (Wildman–Crippen MR) is 50.2 cm³/mol. The molecule has 0 amide bonds. The topological polar surface area (TPSA) is 71.4 Å². The van der Waals surface area contributed by atoms with Crippen LogP contribution in [-0.4, -0.2) is 36.9 Å². The molecule has 0 saturated carbocycles. The summed E-state index contributed by atoms with van der Waals surface area (Å²) in [6.07, 6.45) is -0.541. The first-order valence-electron chi connectivity index (χ1n) is 4.30. The molecule has 13 heavy (non-hydrogen) atoms. The zero-order chi connectivity index (χ0) is 10.5. The number of rotatable bonds is 6. The zero-order valence-corrected chi connectivity index (χ0v) is 8.80. The minimum absolute atomic E-state index is 0.0297. The fourth-order valence-corrected chi connectivity index (χ4v) is 1.69. The molecule has 5 heteroatoms. The minimum Gasteiger partial charge on any atom is -0.386 e. The molecule has 0 aromatic heterocycles. The number of aliphatic hydroxyl groups excluding tert-OH is 1. The van der Waals surface area contributed by atoms with Gasteiger partial charge < -0.3 is 5.11 Å². The van der Waals surface area contributed by atoms with Gasteiger partial charge in [-0.15, -0.1) is 0 Å². The maximum atomic E-state index is 11.0. The molecule has 0 aromatic carbocycles. The molecule has 1 atom stereocenters. The Morgan fingerprint density at radius 1 is 1.46 bits per heavy atom. The SMILES string of the molecule is CCS(=O)(=O)CCCC(=O)C(C)O. The third-order valence-electron chi connectivity index (χ3n) is 1.78. The van der Waals surface area contributed by atoms with Crippen LogP contribution in [-0.2, 0) is 14.6 Å². The van der Waals surface area contributed by atoms with Gasteiger partial charge in [0.1, 0.15) is 15.9 Å². The van der Waals surface area contributed by atoms with E-state index in [9.17, 15) is 13.2 Å². The third-order valence-corrected chi connectivity index (χ3v) is 3.57. The zero-order valence-electron chi connectivity index (χ0n) is 7.99. The Bertz CT molecular complexity index is 253. The summed E-state index contributed by atoms with van der Waals surface area (Å²) < 4.78 is 22.0. The predicted octanol–water partition coefficient (Wildman–Crippen LogP) is 0.151. The number of ketones is 1. The van der Waals surface area contributed by atoms with Gasteiger partial charge >= 0.3 is 0 Å². The highest BCUT2D eigenvalue weighted by Gasteiger charge is 2.11. The number of Topliss-reactive ketones (excluding diaryl/α,β-unsaturated/α-hetero) is 1. The first kappa shape index (κ1) is 12.6. The average molecular weight is 208 g/mol. The number of carbonyl (C=O) groups excluding carboxylic acids is 1. The Balaban J connectivity index is 3.76. The molecule has 0 fully saturated rings. The van der Waals surface area contributed by atoms with Crippen molar-refractivity contribution >= 4 is 15.6 Å². The van der Waals surface area contributed by atoms with E-state index >= 15 is 0 Å². The van der Waals surface area contributed by atoms with Crippen molar-refractivity contribution < 1.29 is 18.3 Å². The van der Waals surface area contributed by atoms with Crippen LogP contribution in [0, 0.1) is 0 Å². The van der Waals surface area contributed by atoms with Gasteiger partial charge in [-0.05, 0) is 13.3 Å². The van der Waals surface area contributed by atoms with Gasteiger partial charge in [-0.1, -0.05) is 6.92 Å². The molecule has 1 N–H and O–H groups in total. The van der Waals surface area contributed by atoms with Crippen LogP contribution in [0.15, 0.2) is 0 Å². The Morgan fingerprint density at radius 2 is 2.00 bits per heavy atom. The number of hydrogen-bond acceptors (Lipinski definition) is 4. The summed E-state index contributed by atoms with van der Waals surface area (Å²) in [5.74, 6) is -0.163. The summed E-state index contributed by atoms with van der Waals surface area (Å²) >= 11 is 0. The molecule has 0 aliphatic carbocycles. The van der Waals surface area contributed by atoms with E-state index in [1.807, 2.05) is 0 Å². The van der Waals surface area contributed by atoms with Crippen molar-refractivity contribution in [1.29, 1.82) is 0 Å². The lowest BCUT2D eigenvalue weighted by molar-refractivity contribution is -0.126.